The van der Waals surface area contributed by atoms with Gasteiger partial charge in [0.1, 0.15) is 17.3 Å². The summed E-state index contributed by atoms with van der Waals surface area (Å²) in [6.45, 7) is 3.96. The number of anilines is 3. The van der Waals surface area contributed by atoms with Crippen LogP contribution in [0.1, 0.15) is 24.3 Å². The molecule has 27 heavy (non-hydrogen) atoms. The average molecular weight is 365 g/mol. The van der Waals surface area contributed by atoms with E-state index in [1.54, 1.807) is 18.3 Å². The van der Waals surface area contributed by atoms with Gasteiger partial charge in [0.15, 0.2) is 0 Å². The number of hydrogen-bond acceptors (Lipinski definition) is 4. The maximum Gasteiger partial charge on any atom is 0.274 e. The molecule has 0 aliphatic carbocycles. The molecule has 3 rings (SSSR count). The van der Waals surface area contributed by atoms with Crippen LogP contribution >= 0.6 is 0 Å². The molecular formula is C21H20FN3O2. The number of pyridine rings is 1. The third-order valence-electron chi connectivity index (χ3n) is 3.61. The van der Waals surface area contributed by atoms with Gasteiger partial charge in [-0.15, -0.1) is 0 Å². The van der Waals surface area contributed by atoms with Gasteiger partial charge >= 0.3 is 0 Å². The molecule has 3 aromatic rings. The molecule has 138 valence electrons. The summed E-state index contributed by atoms with van der Waals surface area (Å²) < 4.78 is 18.5. The zero-order valence-corrected chi connectivity index (χ0v) is 15.1. The summed E-state index contributed by atoms with van der Waals surface area (Å²) in [5.74, 6) is 0.0928. The third kappa shape index (κ3) is 5.28. The van der Waals surface area contributed by atoms with Crippen molar-refractivity contribution in [1.82, 2.24) is 4.98 Å². The fraction of sp³-hybridized carbons (Fsp3) is 0.143. The van der Waals surface area contributed by atoms with Crippen molar-refractivity contribution >= 4 is 23.0 Å². The molecule has 0 saturated carbocycles. The van der Waals surface area contributed by atoms with Crippen LogP contribution in [0.2, 0.25) is 0 Å². The Morgan fingerprint density at radius 3 is 2.15 bits per heavy atom. The van der Waals surface area contributed by atoms with Crippen LogP contribution in [0.25, 0.3) is 0 Å². The summed E-state index contributed by atoms with van der Waals surface area (Å²) in [7, 11) is 0. The van der Waals surface area contributed by atoms with Crippen LogP contribution in [0.5, 0.6) is 5.75 Å². The van der Waals surface area contributed by atoms with Gasteiger partial charge in [-0.2, -0.15) is 0 Å². The van der Waals surface area contributed by atoms with E-state index in [2.05, 4.69) is 15.6 Å². The molecular weight excluding hydrogens is 345 g/mol. The molecule has 0 fully saturated rings. The first kappa shape index (κ1) is 18.4. The van der Waals surface area contributed by atoms with Crippen LogP contribution in [0.15, 0.2) is 66.9 Å². The number of nitrogens with one attached hydrogen (secondary N) is 2. The highest BCUT2D eigenvalue weighted by Crippen LogP contribution is 2.20. The molecule has 6 heteroatoms. The summed E-state index contributed by atoms with van der Waals surface area (Å²) in [6, 6.07) is 16.6. The summed E-state index contributed by atoms with van der Waals surface area (Å²) in [4.78, 5) is 16.4. The van der Waals surface area contributed by atoms with Crippen LogP contribution in [0, 0.1) is 5.82 Å². The molecule has 0 saturated heterocycles. The Kier molecular flexibility index (Phi) is 5.66. The Labute approximate surface area is 157 Å². The fourth-order valence-electron chi connectivity index (χ4n) is 2.39. The molecule has 5 nitrogen and oxygen atoms in total. The summed E-state index contributed by atoms with van der Waals surface area (Å²) in [5, 5.41) is 5.89. The van der Waals surface area contributed by atoms with Gasteiger partial charge in [-0.05, 0) is 74.5 Å². The standard InChI is InChI=1S/C21H20FN3O2/c1-14(2)27-19-10-7-16(8-11-19)24-18-9-12-20(23-13-18)21(26)25-17-5-3-15(22)4-6-17/h3-14,24H,1-2H3,(H,25,26). The maximum absolute atomic E-state index is 12.9. The molecule has 0 atom stereocenters. The van der Waals surface area contributed by atoms with Crippen LogP contribution in [0.4, 0.5) is 21.5 Å². The van der Waals surface area contributed by atoms with Crippen molar-refractivity contribution in [3.8, 4) is 5.75 Å². The van der Waals surface area contributed by atoms with Gasteiger partial charge in [0, 0.05) is 11.4 Å². The van der Waals surface area contributed by atoms with Gasteiger partial charge < -0.3 is 15.4 Å². The Bertz CT molecular complexity index is 892. The smallest absolute Gasteiger partial charge is 0.274 e. The van der Waals surface area contributed by atoms with Crippen LogP contribution < -0.4 is 15.4 Å². The lowest BCUT2D eigenvalue weighted by Gasteiger charge is -2.11. The van der Waals surface area contributed by atoms with Crippen molar-refractivity contribution in [3.05, 3.63) is 78.4 Å². The number of aromatic nitrogens is 1. The first-order valence-corrected chi connectivity index (χ1v) is 8.56. The number of rotatable bonds is 6. The van der Waals surface area contributed by atoms with Gasteiger partial charge in [0.2, 0.25) is 0 Å². The zero-order valence-electron chi connectivity index (χ0n) is 15.1. The van der Waals surface area contributed by atoms with E-state index in [0.717, 1.165) is 17.1 Å². The zero-order chi connectivity index (χ0) is 19.2. The number of carbonyl (C=O) groups is 1. The predicted molar refractivity (Wildman–Crippen MR) is 104 cm³/mol. The largest absolute Gasteiger partial charge is 0.491 e. The Morgan fingerprint density at radius 2 is 1.56 bits per heavy atom. The first-order chi connectivity index (χ1) is 13.0. The van der Waals surface area contributed by atoms with Crippen LogP contribution in [-0.4, -0.2) is 17.0 Å². The van der Waals surface area contributed by atoms with E-state index in [1.165, 1.54) is 24.3 Å². The molecule has 0 radical (unpaired) electrons. The van der Waals surface area contributed by atoms with Gasteiger partial charge in [0.05, 0.1) is 18.0 Å². The Morgan fingerprint density at radius 1 is 0.926 bits per heavy atom. The first-order valence-electron chi connectivity index (χ1n) is 8.56. The van der Waals surface area contributed by atoms with E-state index >= 15 is 0 Å². The Balaban J connectivity index is 1.61. The van der Waals surface area contributed by atoms with E-state index in [1.807, 2.05) is 38.1 Å². The van der Waals surface area contributed by atoms with Gasteiger partial charge in [-0.3, -0.25) is 4.79 Å². The predicted octanol–water partition coefficient (Wildman–Crippen LogP) is 5.00. The van der Waals surface area contributed by atoms with Gasteiger partial charge in [-0.25, -0.2) is 9.37 Å². The van der Waals surface area contributed by atoms with Gasteiger partial charge in [0.25, 0.3) is 5.91 Å². The average Bonchev–Trinajstić information content (AvgIpc) is 2.65. The highest BCUT2D eigenvalue weighted by atomic mass is 19.1. The van der Waals surface area contributed by atoms with Crippen molar-refractivity contribution < 1.29 is 13.9 Å². The molecule has 0 aliphatic rings. The van der Waals surface area contributed by atoms with Gasteiger partial charge in [-0.1, -0.05) is 0 Å². The van der Waals surface area contributed by atoms with Crippen LogP contribution in [-0.2, 0) is 0 Å². The monoisotopic (exact) mass is 365 g/mol. The molecule has 1 aromatic heterocycles. The van der Waals surface area contributed by atoms with Crippen molar-refractivity contribution in [2.75, 3.05) is 10.6 Å². The quantitative estimate of drug-likeness (QED) is 0.645. The number of benzene rings is 2. The number of carbonyl (C=O) groups excluding carboxylic acids is 1. The molecule has 1 heterocycles. The minimum absolute atomic E-state index is 0.126. The van der Waals surface area contributed by atoms with E-state index in [0.29, 0.717) is 5.69 Å². The normalized spacial score (nSPS) is 10.5. The van der Waals surface area contributed by atoms with Crippen LogP contribution in [0.3, 0.4) is 0 Å². The highest BCUT2D eigenvalue weighted by molar-refractivity contribution is 6.02. The fourth-order valence-corrected chi connectivity index (χ4v) is 2.39. The minimum atomic E-state index is -0.358. The molecule has 2 N–H and O–H groups in total. The molecule has 2 aromatic carbocycles. The molecule has 0 aliphatic heterocycles. The SMILES string of the molecule is CC(C)Oc1ccc(Nc2ccc(C(=O)Nc3ccc(F)cc3)nc2)cc1. The van der Waals surface area contributed by atoms with E-state index in [4.69, 9.17) is 4.74 Å². The summed E-state index contributed by atoms with van der Waals surface area (Å²) in [5.41, 5.74) is 2.42. The molecule has 0 spiro atoms. The van der Waals surface area contributed by atoms with Crippen molar-refractivity contribution in [2.24, 2.45) is 0 Å². The lowest BCUT2D eigenvalue weighted by molar-refractivity contribution is 0.102. The number of ether oxygens (including phenoxy) is 1. The lowest BCUT2D eigenvalue weighted by atomic mass is 10.2. The number of hydrogen-bond donors (Lipinski definition) is 2. The van der Waals surface area contributed by atoms with E-state index in [9.17, 15) is 9.18 Å². The van der Waals surface area contributed by atoms with Crippen molar-refractivity contribution in [3.63, 3.8) is 0 Å². The highest BCUT2D eigenvalue weighted by Gasteiger charge is 2.08. The second kappa shape index (κ2) is 8.31. The topological polar surface area (TPSA) is 63.2 Å². The maximum atomic E-state index is 12.9. The Hall–Kier alpha value is -3.41. The third-order valence-corrected chi connectivity index (χ3v) is 3.61. The second-order valence-corrected chi connectivity index (χ2v) is 6.21. The lowest BCUT2D eigenvalue weighted by Crippen LogP contribution is -2.13. The van der Waals surface area contributed by atoms with Crippen molar-refractivity contribution in [2.45, 2.75) is 20.0 Å². The minimum Gasteiger partial charge on any atom is -0.491 e. The molecule has 1 amide bonds. The van der Waals surface area contributed by atoms with E-state index < -0.39 is 0 Å². The van der Waals surface area contributed by atoms with E-state index in [-0.39, 0.29) is 23.5 Å². The second-order valence-electron chi connectivity index (χ2n) is 6.21. The molecule has 0 unspecified atom stereocenters. The molecule has 0 bridgehead atoms. The summed E-state index contributed by atoms with van der Waals surface area (Å²) >= 11 is 0. The van der Waals surface area contributed by atoms with Crippen molar-refractivity contribution in [1.29, 1.82) is 0 Å². The number of nitrogens with zero attached hydrogens (tertiary/aromatic N) is 1. The number of amides is 1. The number of halogens is 1. The summed E-state index contributed by atoms with van der Waals surface area (Å²) in [6.07, 6.45) is 1.71.